The van der Waals surface area contributed by atoms with E-state index in [-0.39, 0.29) is 0 Å². The summed E-state index contributed by atoms with van der Waals surface area (Å²) in [5.41, 5.74) is 5.67. The Morgan fingerprint density at radius 2 is 1.77 bits per heavy atom. The Kier molecular flexibility index (Phi) is 4.10. The molecule has 22 heavy (non-hydrogen) atoms. The van der Waals surface area contributed by atoms with Crippen molar-refractivity contribution in [2.24, 2.45) is 0 Å². The predicted octanol–water partition coefficient (Wildman–Crippen LogP) is 5.80. The smallest absolute Gasteiger partial charge is 0.0726 e. The number of anilines is 2. The zero-order valence-electron chi connectivity index (χ0n) is 13.4. The summed E-state index contributed by atoms with van der Waals surface area (Å²) in [6.45, 7) is 6.52. The average Bonchev–Trinajstić information content (AvgIpc) is 2.54. The summed E-state index contributed by atoms with van der Waals surface area (Å²) in [6.07, 6.45) is 1.17. The van der Waals surface area contributed by atoms with E-state index in [1.807, 2.05) is 13.0 Å². The van der Waals surface area contributed by atoms with E-state index in [0.717, 1.165) is 28.0 Å². The number of aromatic nitrogens is 1. The summed E-state index contributed by atoms with van der Waals surface area (Å²) in [7, 11) is 0. The van der Waals surface area contributed by atoms with Gasteiger partial charge in [-0.25, -0.2) is 0 Å². The zero-order valence-corrected chi connectivity index (χ0v) is 13.4. The van der Waals surface area contributed by atoms with Gasteiger partial charge in [-0.05, 0) is 49.1 Å². The van der Waals surface area contributed by atoms with Gasteiger partial charge in [-0.2, -0.15) is 0 Å². The molecule has 1 aromatic heterocycles. The Hall–Kier alpha value is -2.35. The van der Waals surface area contributed by atoms with E-state index in [9.17, 15) is 0 Å². The molecule has 0 aliphatic heterocycles. The van der Waals surface area contributed by atoms with Gasteiger partial charge < -0.3 is 5.32 Å². The first-order valence-electron chi connectivity index (χ1n) is 7.90. The van der Waals surface area contributed by atoms with E-state index in [1.165, 1.54) is 12.0 Å². The largest absolute Gasteiger partial charge is 0.355 e. The average molecular weight is 290 g/mol. The lowest BCUT2D eigenvalue weighted by Gasteiger charge is -2.13. The van der Waals surface area contributed by atoms with Crippen LogP contribution >= 0.6 is 0 Å². The third-order valence-electron chi connectivity index (χ3n) is 4.22. The van der Waals surface area contributed by atoms with Crippen LogP contribution in [0.2, 0.25) is 0 Å². The second-order valence-corrected chi connectivity index (χ2v) is 5.88. The number of rotatable bonds is 4. The van der Waals surface area contributed by atoms with Crippen LogP contribution in [0.1, 0.15) is 37.4 Å². The number of pyridine rings is 1. The molecule has 3 aromatic rings. The minimum atomic E-state index is 0.609. The number of hydrogen-bond acceptors (Lipinski definition) is 2. The van der Waals surface area contributed by atoms with Crippen LogP contribution in [0.3, 0.4) is 0 Å². The fourth-order valence-electron chi connectivity index (χ4n) is 2.70. The van der Waals surface area contributed by atoms with Gasteiger partial charge in [0.15, 0.2) is 0 Å². The third-order valence-corrected chi connectivity index (χ3v) is 4.22. The minimum Gasteiger partial charge on any atom is -0.355 e. The highest BCUT2D eigenvalue weighted by molar-refractivity contribution is 5.93. The lowest BCUT2D eigenvalue weighted by Crippen LogP contribution is -1.96. The van der Waals surface area contributed by atoms with Crippen LogP contribution in [0.25, 0.3) is 10.9 Å². The van der Waals surface area contributed by atoms with Crippen LogP contribution in [0.15, 0.2) is 54.6 Å². The number of para-hydroxylation sites is 1. The van der Waals surface area contributed by atoms with Gasteiger partial charge in [-0.3, -0.25) is 4.98 Å². The molecule has 2 nitrogen and oxygen atoms in total. The molecule has 0 saturated heterocycles. The second-order valence-electron chi connectivity index (χ2n) is 5.88. The van der Waals surface area contributed by atoms with Crippen LogP contribution < -0.4 is 5.32 Å². The Morgan fingerprint density at radius 1 is 1.05 bits per heavy atom. The summed E-state index contributed by atoms with van der Waals surface area (Å²) in [4.78, 5) is 4.59. The van der Waals surface area contributed by atoms with Crippen LogP contribution in [-0.4, -0.2) is 4.98 Å². The molecule has 0 aliphatic rings. The molecule has 2 aromatic carbocycles. The highest BCUT2D eigenvalue weighted by atomic mass is 14.9. The fourth-order valence-corrected chi connectivity index (χ4v) is 2.70. The molecule has 2 heteroatoms. The molecule has 1 N–H and O–H groups in total. The van der Waals surface area contributed by atoms with Crippen molar-refractivity contribution in [3.8, 4) is 0 Å². The molecular weight excluding hydrogens is 268 g/mol. The van der Waals surface area contributed by atoms with E-state index in [4.69, 9.17) is 0 Å². The number of fused-ring (bicyclic) bond motifs is 1. The minimum absolute atomic E-state index is 0.609. The summed E-state index contributed by atoms with van der Waals surface area (Å²) in [5, 5.41) is 4.68. The van der Waals surface area contributed by atoms with Gasteiger partial charge in [0.05, 0.1) is 5.52 Å². The van der Waals surface area contributed by atoms with Gasteiger partial charge in [0.2, 0.25) is 0 Å². The van der Waals surface area contributed by atoms with Crippen molar-refractivity contribution in [3.05, 3.63) is 65.9 Å². The number of hydrogen-bond donors (Lipinski definition) is 1. The molecule has 1 heterocycles. The molecule has 0 amide bonds. The highest BCUT2D eigenvalue weighted by Crippen LogP contribution is 2.27. The van der Waals surface area contributed by atoms with Crippen molar-refractivity contribution in [1.82, 2.24) is 4.98 Å². The number of nitrogens with one attached hydrogen (secondary N) is 1. The van der Waals surface area contributed by atoms with E-state index in [1.54, 1.807) is 0 Å². The molecule has 0 spiro atoms. The van der Waals surface area contributed by atoms with E-state index < -0.39 is 0 Å². The summed E-state index contributed by atoms with van der Waals surface area (Å²) in [6, 6.07) is 19.1. The van der Waals surface area contributed by atoms with E-state index in [2.05, 4.69) is 72.7 Å². The fraction of sp³-hybridized carbons (Fsp3) is 0.250. The van der Waals surface area contributed by atoms with Crippen LogP contribution in [0.4, 0.5) is 11.4 Å². The molecule has 1 unspecified atom stereocenters. The van der Waals surface area contributed by atoms with Crippen LogP contribution in [0.5, 0.6) is 0 Å². The predicted molar refractivity (Wildman–Crippen MR) is 94.9 cm³/mol. The third kappa shape index (κ3) is 2.96. The number of nitrogens with zero attached hydrogens (tertiary/aromatic N) is 1. The van der Waals surface area contributed by atoms with Crippen molar-refractivity contribution < 1.29 is 0 Å². The molecule has 0 bridgehead atoms. The molecule has 1 atom stereocenters. The molecule has 0 saturated carbocycles. The molecule has 3 rings (SSSR count). The lowest BCUT2D eigenvalue weighted by atomic mass is 9.98. The van der Waals surface area contributed by atoms with Crippen molar-refractivity contribution in [2.75, 3.05) is 5.32 Å². The first-order valence-corrected chi connectivity index (χ1v) is 7.90. The lowest BCUT2D eigenvalue weighted by molar-refractivity contribution is 0.734. The van der Waals surface area contributed by atoms with Crippen LogP contribution in [-0.2, 0) is 0 Å². The van der Waals surface area contributed by atoms with Crippen molar-refractivity contribution >= 4 is 22.3 Å². The number of aryl methyl sites for hydroxylation is 1. The summed E-state index contributed by atoms with van der Waals surface area (Å²) >= 11 is 0. The molecule has 112 valence electrons. The molecule has 0 aliphatic carbocycles. The monoisotopic (exact) mass is 290 g/mol. The quantitative estimate of drug-likeness (QED) is 0.656. The van der Waals surface area contributed by atoms with Gasteiger partial charge in [0, 0.05) is 22.5 Å². The van der Waals surface area contributed by atoms with Gasteiger partial charge >= 0.3 is 0 Å². The van der Waals surface area contributed by atoms with Gasteiger partial charge in [-0.1, -0.05) is 44.2 Å². The van der Waals surface area contributed by atoms with Gasteiger partial charge in [0.1, 0.15) is 0 Å². The number of benzene rings is 2. The standard InChI is InChI=1S/C20H22N2/c1-4-14(2)16-9-11-17(12-10-16)22-20-13-15(3)21-19-8-6-5-7-18(19)20/h5-14H,4H2,1-3H3,(H,21,22). The SMILES string of the molecule is CCC(C)c1ccc(Nc2cc(C)nc3ccccc23)cc1. The Balaban J connectivity index is 1.93. The maximum absolute atomic E-state index is 4.59. The zero-order chi connectivity index (χ0) is 15.5. The van der Waals surface area contributed by atoms with Crippen molar-refractivity contribution in [3.63, 3.8) is 0 Å². The topological polar surface area (TPSA) is 24.9 Å². The Morgan fingerprint density at radius 3 is 2.50 bits per heavy atom. The summed E-state index contributed by atoms with van der Waals surface area (Å²) < 4.78 is 0. The maximum Gasteiger partial charge on any atom is 0.0726 e. The summed E-state index contributed by atoms with van der Waals surface area (Å²) in [5.74, 6) is 0.609. The van der Waals surface area contributed by atoms with Gasteiger partial charge in [0.25, 0.3) is 0 Å². The highest BCUT2D eigenvalue weighted by Gasteiger charge is 2.05. The first kappa shape index (κ1) is 14.6. The van der Waals surface area contributed by atoms with Crippen molar-refractivity contribution in [1.29, 1.82) is 0 Å². The molecule has 0 fully saturated rings. The van der Waals surface area contributed by atoms with Crippen LogP contribution in [0, 0.1) is 6.92 Å². The normalized spacial score (nSPS) is 12.3. The second kappa shape index (κ2) is 6.18. The molecular formula is C20H22N2. The Labute approximate surface area is 132 Å². The van der Waals surface area contributed by atoms with Gasteiger partial charge in [-0.15, -0.1) is 0 Å². The van der Waals surface area contributed by atoms with Crippen molar-refractivity contribution in [2.45, 2.75) is 33.1 Å². The molecule has 0 radical (unpaired) electrons. The van der Waals surface area contributed by atoms with E-state index in [0.29, 0.717) is 5.92 Å². The van der Waals surface area contributed by atoms with E-state index >= 15 is 0 Å². The first-order chi connectivity index (χ1) is 10.7. The maximum atomic E-state index is 4.59. The Bertz CT molecular complexity index is 775.